The summed E-state index contributed by atoms with van der Waals surface area (Å²) in [6, 6.07) is 35.0. The molecule has 0 spiro atoms. The maximum absolute atomic E-state index is 6.13. The molecule has 0 saturated carbocycles. The monoisotopic (exact) mass is 426 g/mol. The van der Waals surface area contributed by atoms with Crippen molar-refractivity contribution in [1.82, 2.24) is 4.98 Å². The van der Waals surface area contributed by atoms with Gasteiger partial charge in [-0.2, -0.15) is 0 Å². The molecule has 4 heteroatoms. The molecule has 0 bridgehead atoms. The summed E-state index contributed by atoms with van der Waals surface area (Å²) in [6.07, 6.45) is 1.87. The van der Waals surface area contributed by atoms with Crippen LogP contribution in [0.4, 0.5) is 17.1 Å². The lowest BCUT2D eigenvalue weighted by molar-refractivity contribution is 0.477. The molecular weight excluding hydrogens is 408 g/mol. The van der Waals surface area contributed by atoms with E-state index in [9.17, 15) is 0 Å². The number of furan rings is 1. The van der Waals surface area contributed by atoms with E-state index < -0.39 is 0 Å². The van der Waals surface area contributed by atoms with E-state index in [-0.39, 0.29) is 0 Å². The molecule has 0 amide bonds. The Kier molecular flexibility index (Phi) is 3.81. The van der Waals surface area contributed by atoms with Crippen molar-refractivity contribution in [3.05, 3.63) is 109 Å². The van der Waals surface area contributed by atoms with Gasteiger partial charge in [0, 0.05) is 28.2 Å². The molecule has 0 unspecified atom stereocenters. The molecule has 1 aliphatic heterocycles. The van der Waals surface area contributed by atoms with E-state index in [2.05, 4.69) is 58.4 Å². The Balaban J connectivity index is 1.32. The molecule has 0 N–H and O–H groups in total. The van der Waals surface area contributed by atoms with Gasteiger partial charge in [0.2, 0.25) is 5.71 Å². The van der Waals surface area contributed by atoms with Gasteiger partial charge in [0.05, 0.1) is 11.4 Å². The molecular formula is C29H18N2O2. The number of pyridine rings is 1. The topological polar surface area (TPSA) is 38.5 Å². The summed E-state index contributed by atoms with van der Waals surface area (Å²) in [7, 11) is 0. The van der Waals surface area contributed by atoms with Gasteiger partial charge in [0.15, 0.2) is 11.5 Å². The van der Waals surface area contributed by atoms with Gasteiger partial charge in [-0.25, -0.2) is 4.98 Å². The molecule has 0 fully saturated rings. The molecule has 0 aliphatic carbocycles. The Labute approximate surface area is 190 Å². The second kappa shape index (κ2) is 6.97. The summed E-state index contributed by atoms with van der Waals surface area (Å²) in [5.74, 6) is 1.70. The predicted molar refractivity (Wildman–Crippen MR) is 132 cm³/mol. The van der Waals surface area contributed by atoms with E-state index >= 15 is 0 Å². The minimum atomic E-state index is 0.665. The highest BCUT2D eigenvalue weighted by Crippen LogP contribution is 2.50. The smallest absolute Gasteiger partial charge is 0.227 e. The molecule has 0 atom stereocenters. The third-order valence-electron chi connectivity index (χ3n) is 6.13. The molecule has 4 nitrogen and oxygen atoms in total. The highest BCUT2D eigenvalue weighted by molar-refractivity contribution is 6.04. The van der Waals surface area contributed by atoms with E-state index in [0.717, 1.165) is 56.0 Å². The quantitative estimate of drug-likeness (QED) is 0.279. The molecule has 33 heavy (non-hydrogen) atoms. The number of aromatic nitrogens is 1. The Hall–Kier alpha value is -4.57. The van der Waals surface area contributed by atoms with Crippen molar-refractivity contribution in [2.75, 3.05) is 4.90 Å². The number of anilines is 3. The Morgan fingerprint density at radius 1 is 0.606 bits per heavy atom. The second-order valence-electron chi connectivity index (χ2n) is 8.09. The van der Waals surface area contributed by atoms with Crippen molar-refractivity contribution in [2.45, 2.75) is 0 Å². The average molecular weight is 426 g/mol. The van der Waals surface area contributed by atoms with Crippen LogP contribution in [-0.2, 0) is 0 Å². The molecule has 0 radical (unpaired) electrons. The summed E-state index contributed by atoms with van der Waals surface area (Å²) >= 11 is 0. The number of para-hydroxylation sites is 5. The van der Waals surface area contributed by atoms with Gasteiger partial charge in [0.25, 0.3) is 0 Å². The zero-order chi connectivity index (χ0) is 21.8. The van der Waals surface area contributed by atoms with Crippen molar-refractivity contribution in [2.24, 2.45) is 0 Å². The van der Waals surface area contributed by atoms with E-state index in [1.807, 2.05) is 60.8 Å². The number of ether oxygens (including phenoxy) is 1. The van der Waals surface area contributed by atoms with Crippen LogP contribution in [0.2, 0.25) is 0 Å². The minimum Gasteiger partial charge on any atom is -0.453 e. The molecule has 6 aromatic rings. The average Bonchev–Trinajstić information content (AvgIpc) is 3.25. The molecule has 3 heterocycles. The standard InChI is InChI=1S/C29H18N2O2/c1-4-10-26-22(7-1)23-17-20(18-30-29(23)33-26)19-13-15-21(16-14-19)31-24-8-2-5-11-27(24)32-28-12-6-3-9-25(28)31/h1-18H. The summed E-state index contributed by atoms with van der Waals surface area (Å²) in [5.41, 5.74) is 6.81. The Bertz CT molecular complexity index is 1600. The van der Waals surface area contributed by atoms with Crippen LogP contribution in [0.5, 0.6) is 11.5 Å². The van der Waals surface area contributed by atoms with Gasteiger partial charge in [-0.15, -0.1) is 0 Å². The number of nitrogens with zero attached hydrogens (tertiary/aromatic N) is 2. The summed E-state index contributed by atoms with van der Waals surface area (Å²) < 4.78 is 12.0. The number of fused-ring (bicyclic) bond motifs is 5. The maximum atomic E-state index is 6.13. The lowest BCUT2D eigenvalue weighted by Crippen LogP contribution is -2.15. The van der Waals surface area contributed by atoms with Crippen molar-refractivity contribution in [1.29, 1.82) is 0 Å². The highest BCUT2D eigenvalue weighted by Gasteiger charge is 2.25. The zero-order valence-corrected chi connectivity index (χ0v) is 17.6. The number of hydrogen-bond donors (Lipinski definition) is 0. The van der Waals surface area contributed by atoms with Crippen molar-refractivity contribution in [3.63, 3.8) is 0 Å². The normalized spacial score (nSPS) is 12.4. The summed E-state index contributed by atoms with van der Waals surface area (Å²) in [5, 5.41) is 2.11. The van der Waals surface area contributed by atoms with Crippen molar-refractivity contribution < 1.29 is 9.15 Å². The van der Waals surface area contributed by atoms with Crippen LogP contribution in [0.3, 0.4) is 0 Å². The first-order chi connectivity index (χ1) is 16.3. The van der Waals surface area contributed by atoms with E-state index in [1.54, 1.807) is 0 Å². The number of benzene rings is 4. The van der Waals surface area contributed by atoms with E-state index in [4.69, 9.17) is 9.15 Å². The summed E-state index contributed by atoms with van der Waals surface area (Å²) in [4.78, 5) is 6.81. The first-order valence-electron chi connectivity index (χ1n) is 10.9. The van der Waals surface area contributed by atoms with Crippen molar-refractivity contribution in [3.8, 4) is 22.6 Å². The van der Waals surface area contributed by atoms with Crippen LogP contribution in [-0.4, -0.2) is 4.98 Å². The SMILES string of the molecule is c1ccc2c(c1)Oc1ccccc1N2c1ccc(-c2cnc3oc4ccccc4c3c2)cc1. The molecule has 7 rings (SSSR count). The first kappa shape index (κ1) is 18.0. The molecule has 1 aliphatic rings. The van der Waals surface area contributed by atoms with Crippen LogP contribution < -0.4 is 9.64 Å². The van der Waals surface area contributed by atoms with Crippen LogP contribution in [0.15, 0.2) is 114 Å². The van der Waals surface area contributed by atoms with Gasteiger partial charge in [-0.05, 0) is 54.1 Å². The lowest BCUT2D eigenvalue weighted by Gasteiger charge is -2.32. The van der Waals surface area contributed by atoms with E-state index in [0.29, 0.717) is 5.71 Å². The van der Waals surface area contributed by atoms with Crippen LogP contribution in [0.25, 0.3) is 33.2 Å². The largest absolute Gasteiger partial charge is 0.453 e. The molecule has 4 aromatic carbocycles. The van der Waals surface area contributed by atoms with Gasteiger partial charge >= 0.3 is 0 Å². The maximum Gasteiger partial charge on any atom is 0.227 e. The second-order valence-corrected chi connectivity index (χ2v) is 8.09. The molecule has 156 valence electrons. The summed E-state index contributed by atoms with van der Waals surface area (Å²) in [6.45, 7) is 0. The first-order valence-corrected chi connectivity index (χ1v) is 10.9. The third kappa shape index (κ3) is 2.81. The van der Waals surface area contributed by atoms with Crippen LogP contribution in [0, 0.1) is 0 Å². The highest BCUT2D eigenvalue weighted by atomic mass is 16.5. The fourth-order valence-electron chi connectivity index (χ4n) is 4.55. The fourth-order valence-corrected chi connectivity index (χ4v) is 4.55. The lowest BCUT2D eigenvalue weighted by atomic mass is 10.0. The van der Waals surface area contributed by atoms with Crippen molar-refractivity contribution >= 4 is 39.1 Å². The molecule has 0 saturated heterocycles. The Morgan fingerprint density at radius 3 is 2.03 bits per heavy atom. The van der Waals surface area contributed by atoms with E-state index in [1.165, 1.54) is 0 Å². The van der Waals surface area contributed by atoms with Gasteiger partial charge in [0.1, 0.15) is 5.58 Å². The van der Waals surface area contributed by atoms with Gasteiger partial charge < -0.3 is 14.1 Å². The zero-order valence-electron chi connectivity index (χ0n) is 17.6. The number of rotatable bonds is 2. The fraction of sp³-hybridized carbons (Fsp3) is 0. The van der Waals surface area contributed by atoms with Crippen LogP contribution >= 0.6 is 0 Å². The number of hydrogen-bond acceptors (Lipinski definition) is 4. The third-order valence-corrected chi connectivity index (χ3v) is 6.13. The predicted octanol–water partition coefficient (Wildman–Crippen LogP) is 8.22. The van der Waals surface area contributed by atoms with Crippen LogP contribution in [0.1, 0.15) is 0 Å². The minimum absolute atomic E-state index is 0.665. The van der Waals surface area contributed by atoms with Gasteiger partial charge in [-0.3, -0.25) is 0 Å². The molecule has 2 aromatic heterocycles. The van der Waals surface area contributed by atoms with Gasteiger partial charge in [-0.1, -0.05) is 54.6 Å². The Morgan fingerprint density at radius 2 is 1.27 bits per heavy atom.